The Balaban J connectivity index is 2.35. The van der Waals surface area contributed by atoms with Crippen molar-refractivity contribution >= 4 is 21.9 Å². The molecule has 0 saturated heterocycles. The van der Waals surface area contributed by atoms with Crippen LogP contribution < -0.4 is 9.47 Å². The van der Waals surface area contributed by atoms with E-state index in [9.17, 15) is 4.79 Å². The van der Waals surface area contributed by atoms with Crippen molar-refractivity contribution in [2.24, 2.45) is 0 Å². The fourth-order valence-electron chi connectivity index (χ4n) is 2.51. The SMILES string of the molecule is CC(C)c1c(CCCC(=O)O)cc(Br)c2c1OCCO2. The molecule has 1 aliphatic rings. The van der Waals surface area contributed by atoms with E-state index >= 15 is 0 Å². The van der Waals surface area contributed by atoms with Gasteiger partial charge in [0.2, 0.25) is 0 Å². The van der Waals surface area contributed by atoms with Crippen LogP contribution in [0.15, 0.2) is 10.5 Å². The fraction of sp³-hybridized carbons (Fsp3) is 0.533. The molecule has 0 aromatic heterocycles. The van der Waals surface area contributed by atoms with Gasteiger partial charge in [0.05, 0.1) is 4.47 Å². The summed E-state index contributed by atoms with van der Waals surface area (Å²) in [7, 11) is 0. The lowest BCUT2D eigenvalue weighted by atomic mass is 9.92. The van der Waals surface area contributed by atoms with Crippen LogP contribution in [0.25, 0.3) is 0 Å². The van der Waals surface area contributed by atoms with Gasteiger partial charge in [0.25, 0.3) is 0 Å². The number of carboxylic acids is 1. The van der Waals surface area contributed by atoms with Gasteiger partial charge >= 0.3 is 5.97 Å². The van der Waals surface area contributed by atoms with E-state index in [0.717, 1.165) is 33.5 Å². The second kappa shape index (κ2) is 6.48. The first-order valence-corrected chi connectivity index (χ1v) is 7.62. The topological polar surface area (TPSA) is 55.8 Å². The first-order chi connectivity index (χ1) is 9.50. The Morgan fingerprint density at radius 3 is 2.60 bits per heavy atom. The van der Waals surface area contributed by atoms with Crippen molar-refractivity contribution in [3.63, 3.8) is 0 Å². The summed E-state index contributed by atoms with van der Waals surface area (Å²) in [5, 5.41) is 8.76. The molecule has 1 aliphatic heterocycles. The molecule has 4 nitrogen and oxygen atoms in total. The summed E-state index contributed by atoms with van der Waals surface area (Å²) in [5.41, 5.74) is 2.27. The van der Waals surface area contributed by atoms with E-state index in [0.29, 0.717) is 25.6 Å². The van der Waals surface area contributed by atoms with Gasteiger partial charge in [-0.3, -0.25) is 4.79 Å². The van der Waals surface area contributed by atoms with Crippen LogP contribution in [0.5, 0.6) is 11.5 Å². The number of ether oxygens (including phenoxy) is 2. The van der Waals surface area contributed by atoms with Gasteiger partial charge in [-0.05, 0) is 46.3 Å². The van der Waals surface area contributed by atoms with Crippen molar-refractivity contribution in [2.75, 3.05) is 13.2 Å². The molecule has 1 N–H and O–H groups in total. The minimum Gasteiger partial charge on any atom is -0.486 e. The van der Waals surface area contributed by atoms with Crippen molar-refractivity contribution in [2.45, 2.75) is 39.0 Å². The molecule has 1 heterocycles. The molecule has 0 atom stereocenters. The third-order valence-electron chi connectivity index (χ3n) is 3.30. The summed E-state index contributed by atoms with van der Waals surface area (Å²) >= 11 is 3.52. The predicted molar refractivity (Wildman–Crippen MR) is 79.8 cm³/mol. The van der Waals surface area contributed by atoms with Crippen molar-refractivity contribution < 1.29 is 19.4 Å². The number of hydrogen-bond donors (Lipinski definition) is 1. The summed E-state index contributed by atoms with van der Waals surface area (Å²) in [6, 6.07) is 2.03. The van der Waals surface area contributed by atoms with Crippen molar-refractivity contribution in [3.05, 3.63) is 21.7 Å². The van der Waals surface area contributed by atoms with Gasteiger partial charge in [-0.15, -0.1) is 0 Å². The minimum absolute atomic E-state index is 0.184. The zero-order valence-electron chi connectivity index (χ0n) is 11.7. The highest BCUT2D eigenvalue weighted by molar-refractivity contribution is 9.10. The van der Waals surface area contributed by atoms with Gasteiger partial charge in [0.15, 0.2) is 11.5 Å². The summed E-state index contributed by atoms with van der Waals surface area (Å²) in [6.45, 7) is 5.34. The number of carbonyl (C=O) groups is 1. The molecular weight excluding hydrogens is 324 g/mol. The Morgan fingerprint density at radius 2 is 2.00 bits per heavy atom. The van der Waals surface area contributed by atoms with Crippen molar-refractivity contribution in [1.82, 2.24) is 0 Å². The van der Waals surface area contributed by atoms with Crippen LogP contribution in [0.3, 0.4) is 0 Å². The van der Waals surface area contributed by atoms with Crippen LogP contribution in [-0.2, 0) is 11.2 Å². The number of benzene rings is 1. The van der Waals surface area contributed by atoms with E-state index in [1.807, 2.05) is 6.07 Å². The molecule has 2 rings (SSSR count). The molecule has 1 aromatic carbocycles. The van der Waals surface area contributed by atoms with E-state index in [1.54, 1.807) is 0 Å². The number of hydrogen-bond acceptors (Lipinski definition) is 3. The molecule has 0 radical (unpaired) electrons. The highest BCUT2D eigenvalue weighted by atomic mass is 79.9. The molecule has 0 aliphatic carbocycles. The highest BCUT2D eigenvalue weighted by Gasteiger charge is 2.24. The maximum atomic E-state index is 10.7. The van der Waals surface area contributed by atoms with Crippen LogP contribution in [-0.4, -0.2) is 24.3 Å². The molecule has 1 aromatic rings. The zero-order valence-corrected chi connectivity index (χ0v) is 13.3. The molecule has 0 spiro atoms. The lowest BCUT2D eigenvalue weighted by Gasteiger charge is -2.26. The monoisotopic (exact) mass is 342 g/mol. The molecule has 0 fully saturated rings. The molecule has 0 saturated carbocycles. The van der Waals surface area contributed by atoms with E-state index in [4.69, 9.17) is 14.6 Å². The molecule has 0 bridgehead atoms. The first-order valence-electron chi connectivity index (χ1n) is 6.83. The number of rotatable bonds is 5. The second-order valence-corrected chi connectivity index (χ2v) is 6.04. The van der Waals surface area contributed by atoms with Crippen molar-refractivity contribution in [3.8, 4) is 11.5 Å². The quantitative estimate of drug-likeness (QED) is 0.885. The van der Waals surface area contributed by atoms with Gasteiger partial charge in [0.1, 0.15) is 13.2 Å². The van der Waals surface area contributed by atoms with Gasteiger partial charge in [-0.1, -0.05) is 13.8 Å². The second-order valence-electron chi connectivity index (χ2n) is 5.19. The number of carboxylic acid groups (broad SMARTS) is 1. The van der Waals surface area contributed by atoms with Crippen LogP contribution in [0, 0.1) is 0 Å². The van der Waals surface area contributed by atoms with Gasteiger partial charge in [-0.25, -0.2) is 0 Å². The van der Waals surface area contributed by atoms with E-state index in [1.165, 1.54) is 0 Å². The minimum atomic E-state index is -0.757. The Bertz CT molecular complexity index is 511. The summed E-state index contributed by atoms with van der Waals surface area (Å²) in [6.07, 6.45) is 1.54. The van der Waals surface area contributed by atoms with E-state index < -0.39 is 5.97 Å². The molecular formula is C15H19BrO4. The normalized spacial score (nSPS) is 13.6. The third-order valence-corrected chi connectivity index (χ3v) is 3.89. The summed E-state index contributed by atoms with van der Waals surface area (Å²) in [5.74, 6) is 1.12. The molecule has 0 amide bonds. The number of aliphatic carboxylic acids is 1. The van der Waals surface area contributed by atoms with Crippen LogP contribution in [0.2, 0.25) is 0 Å². The lowest BCUT2D eigenvalue weighted by Crippen LogP contribution is -2.18. The molecule has 110 valence electrons. The Morgan fingerprint density at radius 1 is 1.35 bits per heavy atom. The molecule has 20 heavy (non-hydrogen) atoms. The van der Waals surface area contributed by atoms with Crippen LogP contribution in [0.1, 0.15) is 43.7 Å². The van der Waals surface area contributed by atoms with Crippen LogP contribution in [0.4, 0.5) is 0 Å². The van der Waals surface area contributed by atoms with Crippen molar-refractivity contribution in [1.29, 1.82) is 0 Å². The summed E-state index contributed by atoms with van der Waals surface area (Å²) < 4.78 is 12.3. The average Bonchev–Trinajstić information content (AvgIpc) is 2.38. The molecule has 5 heteroatoms. The third kappa shape index (κ3) is 3.26. The smallest absolute Gasteiger partial charge is 0.303 e. The van der Waals surface area contributed by atoms with Gasteiger partial charge in [0, 0.05) is 12.0 Å². The average molecular weight is 343 g/mol. The summed E-state index contributed by atoms with van der Waals surface area (Å²) in [4.78, 5) is 10.7. The highest BCUT2D eigenvalue weighted by Crippen LogP contribution is 2.45. The number of halogens is 1. The standard InChI is InChI=1S/C15H19BrO4/c1-9(2)13-10(4-3-5-12(17)18)8-11(16)14-15(13)20-7-6-19-14/h8-9H,3-7H2,1-2H3,(H,17,18). The Hall–Kier alpha value is -1.23. The van der Waals surface area contributed by atoms with Gasteiger partial charge in [-0.2, -0.15) is 0 Å². The molecule has 0 unspecified atom stereocenters. The number of fused-ring (bicyclic) bond motifs is 1. The first kappa shape index (κ1) is 15.2. The largest absolute Gasteiger partial charge is 0.486 e. The van der Waals surface area contributed by atoms with Crippen LogP contribution >= 0.6 is 15.9 Å². The maximum Gasteiger partial charge on any atom is 0.303 e. The van der Waals surface area contributed by atoms with E-state index in [-0.39, 0.29) is 6.42 Å². The predicted octanol–water partition coefficient (Wildman–Crippen LogP) is 3.75. The Kier molecular flexibility index (Phi) is 4.91. The Labute approximate surface area is 127 Å². The fourth-order valence-corrected chi connectivity index (χ4v) is 3.08. The number of aryl methyl sites for hydroxylation is 1. The van der Waals surface area contributed by atoms with Gasteiger partial charge < -0.3 is 14.6 Å². The van der Waals surface area contributed by atoms with E-state index in [2.05, 4.69) is 29.8 Å². The lowest BCUT2D eigenvalue weighted by molar-refractivity contribution is -0.137. The zero-order chi connectivity index (χ0) is 14.7. The maximum absolute atomic E-state index is 10.7.